The molecular weight excluding hydrogens is 224 g/mol. The van der Waals surface area contributed by atoms with Crippen molar-refractivity contribution in [2.75, 3.05) is 6.61 Å². The van der Waals surface area contributed by atoms with E-state index in [0.29, 0.717) is 5.56 Å². The lowest BCUT2D eigenvalue weighted by Crippen LogP contribution is -2.31. The standard InChI is InChI=1S/C11H12N2O4/c1-2-17-11(16)13-9(12)7-4-3-5-8(6-7)10(14)15/h3-6H,2H2,1H3,(H,14,15)(H2,12,13,16). The monoisotopic (exact) mass is 236 g/mol. The number of hydrogen-bond acceptors (Lipinski definition) is 4. The highest BCUT2D eigenvalue weighted by Crippen LogP contribution is 2.05. The second kappa shape index (κ2) is 5.64. The first-order valence-electron chi connectivity index (χ1n) is 4.90. The third kappa shape index (κ3) is 3.60. The Kier molecular flexibility index (Phi) is 4.21. The van der Waals surface area contributed by atoms with E-state index in [2.05, 4.69) is 10.1 Å². The summed E-state index contributed by atoms with van der Waals surface area (Å²) in [6.45, 7) is 1.85. The molecule has 0 aliphatic rings. The lowest BCUT2D eigenvalue weighted by Gasteiger charge is -2.07. The maximum Gasteiger partial charge on any atom is 0.412 e. The predicted octanol–water partition coefficient (Wildman–Crippen LogP) is 1.46. The van der Waals surface area contributed by atoms with Gasteiger partial charge in [0.2, 0.25) is 0 Å². The third-order valence-electron chi connectivity index (χ3n) is 1.90. The predicted molar refractivity (Wildman–Crippen MR) is 60.4 cm³/mol. The fourth-order valence-corrected chi connectivity index (χ4v) is 1.15. The number of carboxylic acid groups (broad SMARTS) is 1. The van der Waals surface area contributed by atoms with Crippen molar-refractivity contribution in [2.45, 2.75) is 6.92 Å². The zero-order valence-corrected chi connectivity index (χ0v) is 9.19. The van der Waals surface area contributed by atoms with Crippen LogP contribution in [0.4, 0.5) is 4.79 Å². The lowest BCUT2D eigenvalue weighted by molar-refractivity contribution is 0.0697. The molecule has 0 bridgehead atoms. The molecule has 1 aromatic rings. The second-order valence-electron chi connectivity index (χ2n) is 3.11. The minimum Gasteiger partial charge on any atom is -0.478 e. The van der Waals surface area contributed by atoms with Gasteiger partial charge in [-0.25, -0.2) is 9.59 Å². The Morgan fingerprint density at radius 2 is 2.06 bits per heavy atom. The molecule has 0 aliphatic carbocycles. The highest BCUT2D eigenvalue weighted by atomic mass is 16.5. The van der Waals surface area contributed by atoms with E-state index in [-0.39, 0.29) is 18.0 Å². The summed E-state index contributed by atoms with van der Waals surface area (Å²) in [6.07, 6.45) is -0.738. The zero-order valence-electron chi connectivity index (χ0n) is 9.19. The van der Waals surface area contributed by atoms with Gasteiger partial charge in [-0.05, 0) is 19.1 Å². The quantitative estimate of drug-likeness (QED) is 0.546. The van der Waals surface area contributed by atoms with Gasteiger partial charge in [0.25, 0.3) is 0 Å². The van der Waals surface area contributed by atoms with E-state index in [0.717, 1.165) is 0 Å². The van der Waals surface area contributed by atoms with Gasteiger partial charge in [0.15, 0.2) is 0 Å². The van der Waals surface area contributed by atoms with Gasteiger partial charge in [-0.15, -0.1) is 0 Å². The van der Waals surface area contributed by atoms with E-state index in [1.165, 1.54) is 24.3 Å². The Balaban J connectivity index is 2.79. The summed E-state index contributed by atoms with van der Waals surface area (Å²) in [5.41, 5.74) is 0.357. The molecule has 6 heteroatoms. The molecule has 0 saturated carbocycles. The first-order chi connectivity index (χ1) is 8.04. The maximum absolute atomic E-state index is 11.1. The molecule has 0 atom stereocenters. The lowest BCUT2D eigenvalue weighted by atomic mass is 10.1. The summed E-state index contributed by atoms with van der Waals surface area (Å²) < 4.78 is 4.60. The fourth-order valence-electron chi connectivity index (χ4n) is 1.15. The number of alkyl carbamates (subject to hydrolysis) is 1. The summed E-state index contributed by atoms with van der Waals surface area (Å²) in [5.74, 6) is -1.29. The summed E-state index contributed by atoms with van der Waals surface area (Å²) in [4.78, 5) is 21.8. The molecule has 0 saturated heterocycles. The van der Waals surface area contributed by atoms with Gasteiger partial charge in [0.05, 0.1) is 12.2 Å². The Morgan fingerprint density at radius 1 is 1.41 bits per heavy atom. The van der Waals surface area contributed by atoms with Gasteiger partial charge in [-0.1, -0.05) is 12.1 Å². The summed E-state index contributed by atoms with van der Waals surface area (Å²) in [7, 11) is 0. The number of amidine groups is 1. The average molecular weight is 236 g/mol. The number of amides is 1. The van der Waals surface area contributed by atoms with Crippen molar-refractivity contribution in [2.24, 2.45) is 0 Å². The smallest absolute Gasteiger partial charge is 0.412 e. The molecular formula is C11H12N2O4. The molecule has 17 heavy (non-hydrogen) atoms. The van der Waals surface area contributed by atoms with E-state index >= 15 is 0 Å². The van der Waals surface area contributed by atoms with Crippen LogP contribution >= 0.6 is 0 Å². The Labute approximate surface area is 97.7 Å². The molecule has 0 aliphatic heterocycles. The number of rotatable bonds is 3. The van der Waals surface area contributed by atoms with Crippen LogP contribution in [0.25, 0.3) is 0 Å². The molecule has 1 amide bonds. The number of benzene rings is 1. The molecule has 1 aromatic carbocycles. The highest BCUT2D eigenvalue weighted by molar-refractivity contribution is 6.05. The maximum atomic E-state index is 11.1. The molecule has 0 heterocycles. The first-order valence-corrected chi connectivity index (χ1v) is 4.90. The minimum atomic E-state index is -1.09. The van der Waals surface area contributed by atoms with E-state index in [1.54, 1.807) is 6.92 Å². The largest absolute Gasteiger partial charge is 0.478 e. The van der Waals surface area contributed by atoms with Gasteiger partial charge >= 0.3 is 12.1 Å². The second-order valence-corrected chi connectivity index (χ2v) is 3.11. The number of nitrogens with one attached hydrogen (secondary N) is 2. The van der Waals surface area contributed by atoms with Crippen molar-refractivity contribution < 1.29 is 19.4 Å². The van der Waals surface area contributed by atoms with Gasteiger partial charge in [0.1, 0.15) is 5.84 Å². The van der Waals surface area contributed by atoms with Crippen molar-refractivity contribution in [1.82, 2.24) is 5.32 Å². The van der Waals surface area contributed by atoms with Gasteiger partial charge in [0, 0.05) is 5.56 Å². The van der Waals surface area contributed by atoms with Crippen LogP contribution in [0.15, 0.2) is 24.3 Å². The minimum absolute atomic E-state index is 0.0536. The topological polar surface area (TPSA) is 99.5 Å². The number of ether oxygens (including phenoxy) is 1. The van der Waals surface area contributed by atoms with Crippen LogP contribution < -0.4 is 5.32 Å². The van der Waals surface area contributed by atoms with Crippen LogP contribution in [0.2, 0.25) is 0 Å². The Bertz CT molecular complexity index is 457. The van der Waals surface area contributed by atoms with Crippen molar-refractivity contribution in [3.05, 3.63) is 35.4 Å². The van der Waals surface area contributed by atoms with Crippen molar-refractivity contribution in [3.8, 4) is 0 Å². The van der Waals surface area contributed by atoms with E-state index < -0.39 is 12.1 Å². The molecule has 0 aromatic heterocycles. The van der Waals surface area contributed by atoms with Gasteiger partial charge < -0.3 is 9.84 Å². The average Bonchev–Trinajstić information content (AvgIpc) is 2.29. The SMILES string of the molecule is CCOC(=O)NC(=N)c1cccc(C(=O)O)c1. The normalized spacial score (nSPS) is 9.47. The number of carbonyl (C=O) groups excluding carboxylic acids is 1. The Hall–Kier alpha value is -2.37. The Morgan fingerprint density at radius 3 is 2.65 bits per heavy atom. The summed E-state index contributed by atoms with van der Waals surface area (Å²) in [6, 6.07) is 5.74. The molecule has 0 unspecified atom stereocenters. The first kappa shape index (κ1) is 12.7. The molecule has 6 nitrogen and oxygen atoms in total. The molecule has 90 valence electrons. The molecule has 3 N–H and O–H groups in total. The van der Waals surface area contributed by atoms with Crippen molar-refractivity contribution in [1.29, 1.82) is 5.41 Å². The fraction of sp³-hybridized carbons (Fsp3) is 0.182. The number of aromatic carboxylic acids is 1. The third-order valence-corrected chi connectivity index (χ3v) is 1.90. The van der Waals surface area contributed by atoms with Crippen LogP contribution in [0.3, 0.4) is 0 Å². The van der Waals surface area contributed by atoms with Gasteiger partial charge in [-0.3, -0.25) is 10.7 Å². The number of carboxylic acids is 1. The summed E-state index contributed by atoms with van der Waals surface area (Å²) in [5, 5.41) is 18.5. The van der Waals surface area contributed by atoms with Gasteiger partial charge in [-0.2, -0.15) is 0 Å². The van der Waals surface area contributed by atoms with Crippen LogP contribution in [-0.4, -0.2) is 29.6 Å². The highest BCUT2D eigenvalue weighted by Gasteiger charge is 2.09. The molecule has 0 fully saturated rings. The van der Waals surface area contributed by atoms with Crippen LogP contribution in [0, 0.1) is 5.41 Å². The van der Waals surface area contributed by atoms with E-state index in [4.69, 9.17) is 10.5 Å². The van der Waals surface area contributed by atoms with E-state index in [1.807, 2.05) is 0 Å². The van der Waals surface area contributed by atoms with Crippen molar-refractivity contribution in [3.63, 3.8) is 0 Å². The van der Waals surface area contributed by atoms with Crippen LogP contribution in [0.5, 0.6) is 0 Å². The zero-order chi connectivity index (χ0) is 12.8. The molecule has 1 rings (SSSR count). The molecule has 0 spiro atoms. The van der Waals surface area contributed by atoms with Crippen LogP contribution in [-0.2, 0) is 4.74 Å². The number of carbonyl (C=O) groups is 2. The van der Waals surface area contributed by atoms with E-state index in [9.17, 15) is 9.59 Å². The summed E-state index contributed by atoms with van der Waals surface area (Å²) >= 11 is 0. The van der Waals surface area contributed by atoms with Crippen molar-refractivity contribution >= 4 is 17.9 Å². The number of hydrogen-bond donors (Lipinski definition) is 3. The molecule has 0 radical (unpaired) electrons. The van der Waals surface area contributed by atoms with Crippen LogP contribution in [0.1, 0.15) is 22.8 Å².